The molecular weight excluding hydrogens is 254 g/mol. The Bertz CT molecular complexity index is 462. The van der Waals surface area contributed by atoms with Gasteiger partial charge in [0, 0.05) is 19.2 Å². The van der Waals surface area contributed by atoms with Gasteiger partial charge < -0.3 is 5.73 Å². The summed E-state index contributed by atoms with van der Waals surface area (Å²) in [5.41, 5.74) is 3.87. The number of rotatable bonds is 3. The zero-order valence-corrected chi connectivity index (χ0v) is 8.70. The standard InChI is InChI=1S/C7H8BrN3O3/c8-4-3-11(2-1-5(9)12)7(14)10-6(4)13/h3H,1-2H2,(H2,9,12)(H,10,13,14). The van der Waals surface area contributed by atoms with Crippen LogP contribution in [0.4, 0.5) is 0 Å². The van der Waals surface area contributed by atoms with E-state index in [0.717, 1.165) is 0 Å². The van der Waals surface area contributed by atoms with Crippen LogP contribution >= 0.6 is 15.9 Å². The van der Waals surface area contributed by atoms with Crippen molar-refractivity contribution in [3.63, 3.8) is 0 Å². The van der Waals surface area contributed by atoms with Crippen LogP contribution in [0.5, 0.6) is 0 Å². The lowest BCUT2D eigenvalue weighted by Crippen LogP contribution is -2.31. The zero-order valence-electron chi connectivity index (χ0n) is 7.12. The molecule has 7 heteroatoms. The average Bonchev–Trinajstić information content (AvgIpc) is 2.09. The summed E-state index contributed by atoms with van der Waals surface area (Å²) in [5.74, 6) is -0.501. The first kappa shape index (κ1) is 10.7. The molecule has 1 aromatic rings. The summed E-state index contributed by atoms with van der Waals surface area (Å²) < 4.78 is 1.44. The minimum Gasteiger partial charge on any atom is -0.370 e. The second-order valence-electron chi connectivity index (χ2n) is 2.65. The molecule has 6 nitrogen and oxygen atoms in total. The molecule has 14 heavy (non-hydrogen) atoms. The maximum atomic E-state index is 11.1. The largest absolute Gasteiger partial charge is 0.370 e. The van der Waals surface area contributed by atoms with Gasteiger partial charge in [-0.2, -0.15) is 0 Å². The summed E-state index contributed by atoms with van der Waals surface area (Å²) in [4.78, 5) is 34.6. The molecule has 0 atom stereocenters. The van der Waals surface area contributed by atoms with E-state index in [4.69, 9.17) is 5.73 Å². The predicted octanol–water partition coefficient (Wildman–Crippen LogP) is -0.826. The summed E-state index contributed by atoms with van der Waals surface area (Å²) in [6.07, 6.45) is 1.38. The first-order valence-electron chi connectivity index (χ1n) is 3.78. The molecule has 0 saturated heterocycles. The van der Waals surface area contributed by atoms with Gasteiger partial charge in [0.25, 0.3) is 5.56 Å². The third-order valence-corrected chi connectivity index (χ3v) is 2.13. The molecule has 1 rings (SSSR count). The maximum Gasteiger partial charge on any atom is 0.328 e. The molecule has 1 heterocycles. The lowest BCUT2D eigenvalue weighted by molar-refractivity contribution is -0.118. The number of halogens is 1. The van der Waals surface area contributed by atoms with Crippen molar-refractivity contribution >= 4 is 21.8 Å². The molecule has 0 aliphatic carbocycles. The summed E-state index contributed by atoms with van der Waals surface area (Å²) in [6, 6.07) is 0. The molecule has 0 saturated carbocycles. The van der Waals surface area contributed by atoms with Crippen molar-refractivity contribution in [1.82, 2.24) is 9.55 Å². The number of aryl methyl sites for hydroxylation is 1. The van der Waals surface area contributed by atoms with Crippen molar-refractivity contribution in [2.75, 3.05) is 0 Å². The minimum absolute atomic E-state index is 0.0540. The Morgan fingerprint density at radius 3 is 2.79 bits per heavy atom. The van der Waals surface area contributed by atoms with Crippen molar-refractivity contribution < 1.29 is 4.79 Å². The molecular formula is C7H8BrN3O3. The fourth-order valence-electron chi connectivity index (χ4n) is 0.879. The number of nitrogens with two attached hydrogens (primary N) is 1. The molecule has 0 bridgehead atoms. The molecule has 0 spiro atoms. The summed E-state index contributed by atoms with van der Waals surface area (Å²) in [7, 11) is 0. The highest BCUT2D eigenvalue weighted by atomic mass is 79.9. The maximum absolute atomic E-state index is 11.1. The number of H-pyrrole nitrogens is 1. The Balaban J connectivity index is 2.99. The van der Waals surface area contributed by atoms with Gasteiger partial charge in [-0.3, -0.25) is 19.1 Å². The molecule has 1 aromatic heterocycles. The molecule has 0 fully saturated rings. The Morgan fingerprint density at radius 2 is 2.21 bits per heavy atom. The van der Waals surface area contributed by atoms with E-state index in [1.807, 2.05) is 0 Å². The fraction of sp³-hybridized carbons (Fsp3) is 0.286. The number of primary amides is 1. The van der Waals surface area contributed by atoms with Crippen LogP contribution in [0, 0.1) is 0 Å². The first-order valence-corrected chi connectivity index (χ1v) is 4.57. The highest BCUT2D eigenvalue weighted by molar-refractivity contribution is 9.10. The van der Waals surface area contributed by atoms with Crippen LogP contribution in [0.3, 0.4) is 0 Å². The molecule has 0 aliphatic heterocycles. The number of nitrogens with zero attached hydrogens (tertiary/aromatic N) is 1. The second kappa shape index (κ2) is 4.23. The van der Waals surface area contributed by atoms with Gasteiger partial charge in [0.05, 0.1) is 4.47 Å². The van der Waals surface area contributed by atoms with E-state index in [1.165, 1.54) is 10.8 Å². The van der Waals surface area contributed by atoms with Gasteiger partial charge in [0.1, 0.15) is 0 Å². The van der Waals surface area contributed by atoms with Crippen LogP contribution in [0.2, 0.25) is 0 Å². The zero-order chi connectivity index (χ0) is 10.7. The molecule has 0 unspecified atom stereocenters. The SMILES string of the molecule is NC(=O)CCn1cc(Br)c(=O)[nH]c1=O. The van der Waals surface area contributed by atoms with Gasteiger partial charge >= 0.3 is 5.69 Å². The van der Waals surface area contributed by atoms with Crippen molar-refractivity contribution in [2.45, 2.75) is 13.0 Å². The van der Waals surface area contributed by atoms with Crippen LogP contribution in [-0.2, 0) is 11.3 Å². The van der Waals surface area contributed by atoms with Gasteiger partial charge in [-0.15, -0.1) is 0 Å². The topological polar surface area (TPSA) is 97.9 Å². The third-order valence-electron chi connectivity index (χ3n) is 1.57. The molecule has 3 N–H and O–H groups in total. The molecule has 0 aliphatic rings. The smallest absolute Gasteiger partial charge is 0.328 e. The van der Waals surface area contributed by atoms with Gasteiger partial charge in [-0.1, -0.05) is 0 Å². The summed E-state index contributed by atoms with van der Waals surface area (Å²) in [6.45, 7) is 0.156. The number of amides is 1. The van der Waals surface area contributed by atoms with E-state index in [1.54, 1.807) is 0 Å². The van der Waals surface area contributed by atoms with Crippen molar-refractivity contribution in [2.24, 2.45) is 5.73 Å². The summed E-state index contributed by atoms with van der Waals surface area (Å²) in [5, 5.41) is 0. The van der Waals surface area contributed by atoms with Crippen LogP contribution in [0.1, 0.15) is 6.42 Å². The number of carbonyl (C=O) groups is 1. The van der Waals surface area contributed by atoms with Gasteiger partial charge in [0.15, 0.2) is 0 Å². The monoisotopic (exact) mass is 261 g/mol. The Kier molecular flexibility index (Phi) is 3.23. The summed E-state index contributed by atoms with van der Waals surface area (Å²) >= 11 is 2.97. The highest BCUT2D eigenvalue weighted by Gasteiger charge is 2.02. The van der Waals surface area contributed by atoms with E-state index in [-0.39, 0.29) is 17.4 Å². The second-order valence-corrected chi connectivity index (χ2v) is 3.50. The van der Waals surface area contributed by atoms with E-state index < -0.39 is 17.2 Å². The number of carbonyl (C=O) groups excluding carboxylic acids is 1. The van der Waals surface area contributed by atoms with E-state index in [2.05, 4.69) is 20.9 Å². The molecule has 0 aromatic carbocycles. The number of aromatic nitrogens is 2. The van der Waals surface area contributed by atoms with Gasteiger partial charge in [0.2, 0.25) is 5.91 Å². The van der Waals surface area contributed by atoms with E-state index in [9.17, 15) is 14.4 Å². The third kappa shape index (κ3) is 2.56. The number of hydrogen-bond donors (Lipinski definition) is 2. The Morgan fingerprint density at radius 1 is 1.57 bits per heavy atom. The van der Waals surface area contributed by atoms with Crippen LogP contribution in [0.15, 0.2) is 20.3 Å². The van der Waals surface area contributed by atoms with Crippen molar-refractivity contribution in [3.8, 4) is 0 Å². The van der Waals surface area contributed by atoms with Crippen LogP contribution < -0.4 is 17.0 Å². The molecule has 76 valence electrons. The Labute approximate surface area is 86.9 Å². The highest BCUT2D eigenvalue weighted by Crippen LogP contribution is 1.98. The fourth-order valence-corrected chi connectivity index (χ4v) is 1.23. The lowest BCUT2D eigenvalue weighted by atomic mass is 10.4. The minimum atomic E-state index is -0.556. The molecule has 0 radical (unpaired) electrons. The molecule has 1 amide bonds. The number of aromatic amines is 1. The Hall–Kier alpha value is -1.37. The number of hydrogen-bond acceptors (Lipinski definition) is 3. The van der Waals surface area contributed by atoms with Gasteiger partial charge in [-0.25, -0.2) is 4.79 Å². The van der Waals surface area contributed by atoms with Gasteiger partial charge in [-0.05, 0) is 15.9 Å². The van der Waals surface area contributed by atoms with Crippen LogP contribution in [-0.4, -0.2) is 15.5 Å². The number of nitrogens with one attached hydrogen (secondary N) is 1. The van der Waals surface area contributed by atoms with E-state index in [0.29, 0.717) is 0 Å². The average molecular weight is 262 g/mol. The quantitative estimate of drug-likeness (QED) is 0.744. The van der Waals surface area contributed by atoms with Crippen molar-refractivity contribution in [1.29, 1.82) is 0 Å². The normalized spacial score (nSPS) is 10.1. The lowest BCUT2D eigenvalue weighted by Gasteiger charge is -2.02. The van der Waals surface area contributed by atoms with Crippen LogP contribution in [0.25, 0.3) is 0 Å². The van der Waals surface area contributed by atoms with Crippen molar-refractivity contribution in [3.05, 3.63) is 31.5 Å². The first-order chi connectivity index (χ1) is 6.50. The predicted molar refractivity (Wildman–Crippen MR) is 52.8 cm³/mol. The van der Waals surface area contributed by atoms with E-state index >= 15 is 0 Å².